The summed E-state index contributed by atoms with van der Waals surface area (Å²) in [4.78, 5) is 32.6. The average molecular weight is 435 g/mol. The molecule has 1 aliphatic carbocycles. The molecule has 178 valence electrons. The summed E-state index contributed by atoms with van der Waals surface area (Å²) in [5, 5.41) is 3.28. The van der Waals surface area contributed by atoms with Gasteiger partial charge in [-0.15, -0.1) is 0 Å². The van der Waals surface area contributed by atoms with Crippen LogP contribution in [0, 0.1) is 11.8 Å². The van der Waals surface area contributed by atoms with Gasteiger partial charge in [0.15, 0.2) is 0 Å². The molecule has 2 atom stereocenters. The van der Waals surface area contributed by atoms with Gasteiger partial charge in [0.05, 0.1) is 6.04 Å². The van der Waals surface area contributed by atoms with Crippen LogP contribution in [0.15, 0.2) is 0 Å². The Labute approximate surface area is 190 Å². The van der Waals surface area contributed by atoms with E-state index in [4.69, 9.17) is 0 Å². The molecule has 0 aromatic carbocycles. The molecular formula is C25H46N4O2. The summed E-state index contributed by atoms with van der Waals surface area (Å²) >= 11 is 0. The van der Waals surface area contributed by atoms with Crippen molar-refractivity contribution in [3.63, 3.8) is 0 Å². The maximum atomic E-state index is 13.3. The van der Waals surface area contributed by atoms with Crippen LogP contribution in [0.1, 0.15) is 78.6 Å². The largest absolute Gasteiger partial charge is 0.355 e. The number of hydrogen-bond donors (Lipinski definition) is 1. The molecule has 0 bridgehead atoms. The number of likely N-dealkylation sites (tertiary alicyclic amines) is 1. The number of amides is 2. The van der Waals surface area contributed by atoms with Crippen LogP contribution in [-0.2, 0) is 9.59 Å². The fraction of sp³-hybridized carbons (Fsp3) is 0.920. The predicted octanol–water partition coefficient (Wildman–Crippen LogP) is 3.12. The number of hydrogen-bond acceptors (Lipinski definition) is 4. The van der Waals surface area contributed by atoms with Gasteiger partial charge in [-0.25, -0.2) is 0 Å². The van der Waals surface area contributed by atoms with Gasteiger partial charge in [0, 0.05) is 51.7 Å². The number of nitrogens with one attached hydrogen (secondary N) is 1. The zero-order valence-corrected chi connectivity index (χ0v) is 20.3. The number of carbonyl (C=O) groups excluding carboxylic acids is 2. The van der Waals surface area contributed by atoms with Crippen molar-refractivity contribution in [2.75, 3.05) is 45.8 Å². The van der Waals surface area contributed by atoms with Crippen molar-refractivity contribution < 1.29 is 9.59 Å². The van der Waals surface area contributed by atoms with Crippen LogP contribution in [0.4, 0.5) is 0 Å². The highest BCUT2D eigenvalue weighted by molar-refractivity contribution is 5.82. The van der Waals surface area contributed by atoms with Crippen LogP contribution in [0.5, 0.6) is 0 Å². The van der Waals surface area contributed by atoms with Crippen molar-refractivity contribution >= 4 is 11.8 Å². The minimum atomic E-state index is -0.0150. The second kappa shape index (κ2) is 12.2. The minimum absolute atomic E-state index is 0.0150. The first-order chi connectivity index (χ1) is 15.0. The summed E-state index contributed by atoms with van der Waals surface area (Å²) < 4.78 is 0. The Kier molecular flexibility index (Phi) is 9.64. The van der Waals surface area contributed by atoms with Gasteiger partial charge in [0.2, 0.25) is 11.8 Å². The van der Waals surface area contributed by atoms with Crippen molar-refractivity contribution in [1.82, 2.24) is 20.0 Å². The Morgan fingerprint density at radius 2 is 1.61 bits per heavy atom. The van der Waals surface area contributed by atoms with E-state index in [-0.39, 0.29) is 17.9 Å². The first kappa shape index (κ1) is 24.5. The summed E-state index contributed by atoms with van der Waals surface area (Å²) in [6.45, 7) is 12.8. The fourth-order valence-corrected chi connectivity index (χ4v) is 5.77. The van der Waals surface area contributed by atoms with Gasteiger partial charge in [0.1, 0.15) is 0 Å². The molecule has 0 spiro atoms. The zero-order valence-electron chi connectivity index (χ0n) is 20.3. The van der Waals surface area contributed by atoms with Crippen molar-refractivity contribution in [3.8, 4) is 0 Å². The molecule has 6 heteroatoms. The normalized spacial score (nSPS) is 25.2. The second-order valence-electron chi connectivity index (χ2n) is 10.5. The lowest BCUT2D eigenvalue weighted by molar-refractivity contribution is -0.136. The summed E-state index contributed by atoms with van der Waals surface area (Å²) in [7, 11) is 0. The Hall–Kier alpha value is -1.14. The van der Waals surface area contributed by atoms with E-state index in [1.807, 2.05) is 4.90 Å². The van der Waals surface area contributed by atoms with Gasteiger partial charge in [-0.1, -0.05) is 33.1 Å². The highest BCUT2D eigenvalue weighted by atomic mass is 16.2. The third-order valence-corrected chi connectivity index (χ3v) is 7.62. The lowest BCUT2D eigenvalue weighted by atomic mass is 9.95. The van der Waals surface area contributed by atoms with E-state index in [9.17, 15) is 9.59 Å². The predicted molar refractivity (Wildman–Crippen MR) is 126 cm³/mol. The van der Waals surface area contributed by atoms with E-state index >= 15 is 0 Å². The molecule has 1 saturated carbocycles. The van der Waals surface area contributed by atoms with Crippen molar-refractivity contribution in [3.05, 3.63) is 0 Å². The van der Waals surface area contributed by atoms with Crippen molar-refractivity contribution in [1.29, 1.82) is 0 Å². The molecule has 3 fully saturated rings. The van der Waals surface area contributed by atoms with E-state index in [0.29, 0.717) is 24.3 Å². The molecule has 2 heterocycles. The van der Waals surface area contributed by atoms with Gasteiger partial charge in [-0.3, -0.25) is 14.5 Å². The maximum Gasteiger partial charge on any atom is 0.237 e. The molecule has 31 heavy (non-hydrogen) atoms. The third kappa shape index (κ3) is 7.18. The highest BCUT2D eigenvalue weighted by Crippen LogP contribution is 2.31. The smallest absolute Gasteiger partial charge is 0.237 e. The molecule has 2 unspecified atom stereocenters. The molecule has 2 aliphatic heterocycles. The third-order valence-electron chi connectivity index (χ3n) is 7.62. The van der Waals surface area contributed by atoms with Gasteiger partial charge in [-0.2, -0.15) is 0 Å². The van der Waals surface area contributed by atoms with Crippen LogP contribution >= 0.6 is 0 Å². The first-order valence-corrected chi connectivity index (χ1v) is 13.0. The molecule has 2 amide bonds. The average Bonchev–Trinajstić information content (AvgIpc) is 3.27. The lowest BCUT2D eigenvalue weighted by Crippen LogP contribution is -2.58. The molecule has 0 aromatic rings. The Bertz CT molecular complexity index is 568. The molecule has 0 aromatic heterocycles. The van der Waals surface area contributed by atoms with Crippen LogP contribution in [0.25, 0.3) is 0 Å². The number of piperidine rings is 1. The van der Waals surface area contributed by atoms with E-state index < -0.39 is 0 Å². The van der Waals surface area contributed by atoms with Crippen LogP contribution in [0.3, 0.4) is 0 Å². The van der Waals surface area contributed by atoms with Crippen LogP contribution in [-0.4, -0.2) is 84.4 Å². The molecule has 1 N–H and O–H groups in total. The Morgan fingerprint density at radius 3 is 2.26 bits per heavy atom. The van der Waals surface area contributed by atoms with Crippen molar-refractivity contribution in [2.45, 2.75) is 90.6 Å². The first-order valence-electron chi connectivity index (χ1n) is 13.0. The lowest BCUT2D eigenvalue weighted by Gasteiger charge is -2.41. The summed E-state index contributed by atoms with van der Waals surface area (Å²) in [6, 6.07) is 0.671. The monoisotopic (exact) mass is 434 g/mol. The molecule has 3 rings (SSSR count). The number of rotatable bonds is 9. The van der Waals surface area contributed by atoms with Gasteiger partial charge < -0.3 is 15.1 Å². The fourth-order valence-electron chi connectivity index (χ4n) is 5.77. The van der Waals surface area contributed by atoms with Gasteiger partial charge in [0.25, 0.3) is 0 Å². The maximum absolute atomic E-state index is 13.3. The minimum Gasteiger partial charge on any atom is -0.355 e. The Morgan fingerprint density at radius 1 is 0.935 bits per heavy atom. The van der Waals surface area contributed by atoms with Crippen LogP contribution < -0.4 is 5.32 Å². The number of piperazine rings is 1. The van der Waals surface area contributed by atoms with E-state index in [2.05, 4.69) is 35.9 Å². The summed E-state index contributed by atoms with van der Waals surface area (Å²) in [5.41, 5.74) is 0. The van der Waals surface area contributed by atoms with E-state index in [1.165, 1.54) is 38.6 Å². The molecule has 3 aliphatic rings. The number of carbonyl (C=O) groups is 2. The molecular weight excluding hydrogens is 388 g/mol. The molecule has 6 nitrogen and oxygen atoms in total. The Balaban J connectivity index is 1.47. The topological polar surface area (TPSA) is 55.9 Å². The molecule has 0 radical (unpaired) electrons. The molecule has 2 saturated heterocycles. The van der Waals surface area contributed by atoms with Gasteiger partial charge >= 0.3 is 0 Å². The highest BCUT2D eigenvalue weighted by Gasteiger charge is 2.37. The second-order valence-corrected chi connectivity index (χ2v) is 10.5. The SMILES string of the molecule is CC(C)CC(=O)N1CCN(C(C(=O)NCCCN2CCCCC2C)C2CCCC2)CC1. The number of nitrogens with zero attached hydrogens (tertiary/aromatic N) is 3. The standard InChI is InChI=1S/C25H46N4O2/c1-20(2)19-23(30)28-15-17-29(18-16-28)24(22-10-4-5-11-22)25(31)26-12-8-14-27-13-7-6-9-21(27)3/h20-22,24H,4-19H2,1-3H3,(H,26,31). The summed E-state index contributed by atoms with van der Waals surface area (Å²) in [5.74, 6) is 1.36. The summed E-state index contributed by atoms with van der Waals surface area (Å²) in [6.07, 6.45) is 10.4. The quantitative estimate of drug-likeness (QED) is 0.567. The van der Waals surface area contributed by atoms with Crippen LogP contribution in [0.2, 0.25) is 0 Å². The van der Waals surface area contributed by atoms with E-state index in [0.717, 1.165) is 58.5 Å². The van der Waals surface area contributed by atoms with E-state index in [1.54, 1.807) is 0 Å². The van der Waals surface area contributed by atoms with Gasteiger partial charge in [-0.05, 0) is 57.4 Å². The zero-order chi connectivity index (χ0) is 22.2. The van der Waals surface area contributed by atoms with Crippen molar-refractivity contribution in [2.24, 2.45) is 11.8 Å².